The van der Waals surface area contributed by atoms with E-state index in [4.69, 9.17) is 9.47 Å². The van der Waals surface area contributed by atoms with Crippen molar-refractivity contribution in [1.82, 2.24) is 10.6 Å². The molecule has 0 heterocycles. The van der Waals surface area contributed by atoms with E-state index in [1.807, 2.05) is 60.7 Å². The number of alkyl carbamates (subject to hydrolysis) is 1. The average Bonchev–Trinajstić information content (AvgIpc) is 2.80. The summed E-state index contributed by atoms with van der Waals surface area (Å²) in [6, 6.07) is 16.7. The lowest BCUT2D eigenvalue weighted by atomic mass is 10.0. The molecule has 0 radical (unpaired) electrons. The molecule has 0 aliphatic heterocycles. The Kier molecular flexibility index (Phi) is 9.81. The summed E-state index contributed by atoms with van der Waals surface area (Å²) in [7, 11) is 1.26. The molecule has 31 heavy (non-hydrogen) atoms. The molecule has 2 aromatic rings. The van der Waals surface area contributed by atoms with Gasteiger partial charge in [0.25, 0.3) is 0 Å². The summed E-state index contributed by atoms with van der Waals surface area (Å²) in [6.07, 6.45) is 2.04. The van der Waals surface area contributed by atoms with Crippen LogP contribution in [0.15, 0.2) is 73.3 Å². The predicted octanol–water partition coefficient (Wildman–Crippen LogP) is 3.15. The summed E-state index contributed by atoms with van der Waals surface area (Å²) in [4.78, 5) is 37.3. The molecule has 164 valence electrons. The number of carbonyl (C=O) groups excluding carboxylic acids is 3. The summed E-state index contributed by atoms with van der Waals surface area (Å²) in [5, 5.41) is 5.28. The Morgan fingerprint density at radius 1 is 0.935 bits per heavy atom. The fourth-order valence-corrected chi connectivity index (χ4v) is 2.91. The van der Waals surface area contributed by atoms with Crippen LogP contribution in [0, 0.1) is 0 Å². The summed E-state index contributed by atoms with van der Waals surface area (Å²) < 4.78 is 10.0. The Bertz CT molecular complexity index is 855. The molecule has 7 heteroatoms. The molecule has 0 saturated heterocycles. The molecule has 2 amide bonds. The van der Waals surface area contributed by atoms with E-state index < -0.39 is 30.1 Å². The third-order valence-corrected chi connectivity index (χ3v) is 4.57. The Hall–Kier alpha value is -3.61. The van der Waals surface area contributed by atoms with E-state index in [0.717, 1.165) is 11.1 Å². The van der Waals surface area contributed by atoms with Crippen LogP contribution in [0.5, 0.6) is 0 Å². The Morgan fingerprint density at radius 2 is 1.55 bits per heavy atom. The van der Waals surface area contributed by atoms with Crippen molar-refractivity contribution in [1.29, 1.82) is 0 Å². The van der Waals surface area contributed by atoms with E-state index in [9.17, 15) is 14.4 Å². The number of amides is 2. The number of benzene rings is 2. The lowest BCUT2D eigenvalue weighted by Gasteiger charge is -2.22. The van der Waals surface area contributed by atoms with E-state index in [0.29, 0.717) is 12.8 Å². The van der Waals surface area contributed by atoms with Crippen molar-refractivity contribution in [2.45, 2.75) is 38.0 Å². The first-order chi connectivity index (χ1) is 15.0. The highest BCUT2D eigenvalue weighted by Gasteiger charge is 2.27. The number of carbonyl (C=O) groups is 3. The van der Waals surface area contributed by atoms with Crippen LogP contribution in [0.4, 0.5) is 4.79 Å². The van der Waals surface area contributed by atoms with Crippen LogP contribution in [0.3, 0.4) is 0 Å². The summed E-state index contributed by atoms with van der Waals surface area (Å²) in [6.45, 7) is 3.71. The zero-order valence-electron chi connectivity index (χ0n) is 17.6. The van der Waals surface area contributed by atoms with Crippen LogP contribution in [0.25, 0.3) is 0 Å². The van der Waals surface area contributed by atoms with Gasteiger partial charge in [-0.25, -0.2) is 9.59 Å². The largest absolute Gasteiger partial charge is 0.467 e. The van der Waals surface area contributed by atoms with Gasteiger partial charge >= 0.3 is 12.1 Å². The second-order valence-electron chi connectivity index (χ2n) is 6.90. The maximum atomic E-state index is 12.9. The average molecular weight is 424 g/mol. The molecule has 2 aromatic carbocycles. The number of ether oxygens (including phenoxy) is 2. The minimum atomic E-state index is -0.929. The highest BCUT2D eigenvalue weighted by Crippen LogP contribution is 2.07. The number of methoxy groups -OCH3 is 1. The normalized spacial score (nSPS) is 12.2. The highest BCUT2D eigenvalue weighted by molar-refractivity contribution is 5.89. The summed E-state index contributed by atoms with van der Waals surface area (Å²) in [5.41, 5.74) is 1.68. The van der Waals surface area contributed by atoms with Gasteiger partial charge in [0.05, 0.1) is 7.11 Å². The third kappa shape index (κ3) is 8.34. The Morgan fingerprint density at radius 3 is 2.13 bits per heavy atom. The fourth-order valence-electron chi connectivity index (χ4n) is 2.91. The van der Waals surface area contributed by atoms with Crippen LogP contribution in [0.2, 0.25) is 0 Å². The van der Waals surface area contributed by atoms with E-state index in [1.54, 1.807) is 6.08 Å². The van der Waals surface area contributed by atoms with Crippen LogP contribution in [0.1, 0.15) is 24.0 Å². The minimum absolute atomic E-state index is 0.0798. The van der Waals surface area contributed by atoms with Crippen LogP contribution >= 0.6 is 0 Å². The lowest BCUT2D eigenvalue weighted by molar-refractivity contribution is -0.145. The first kappa shape index (κ1) is 23.7. The van der Waals surface area contributed by atoms with Crippen molar-refractivity contribution in [3.8, 4) is 0 Å². The maximum Gasteiger partial charge on any atom is 0.408 e. The van der Waals surface area contributed by atoms with E-state index in [2.05, 4.69) is 17.2 Å². The zero-order valence-corrected chi connectivity index (χ0v) is 17.6. The van der Waals surface area contributed by atoms with Gasteiger partial charge < -0.3 is 20.1 Å². The fraction of sp³-hybridized carbons (Fsp3) is 0.292. The monoisotopic (exact) mass is 424 g/mol. The molecule has 0 bridgehead atoms. The molecule has 0 aliphatic carbocycles. The lowest BCUT2D eigenvalue weighted by Crippen LogP contribution is -2.52. The molecule has 0 spiro atoms. The quantitative estimate of drug-likeness (QED) is 0.427. The summed E-state index contributed by atoms with van der Waals surface area (Å²) in [5.74, 6) is -1.06. The first-order valence-electron chi connectivity index (χ1n) is 10.0. The van der Waals surface area contributed by atoms with E-state index >= 15 is 0 Å². The van der Waals surface area contributed by atoms with Crippen molar-refractivity contribution in [3.63, 3.8) is 0 Å². The van der Waals surface area contributed by atoms with Crippen LogP contribution in [-0.4, -0.2) is 37.2 Å². The van der Waals surface area contributed by atoms with Gasteiger partial charge in [0.1, 0.15) is 18.7 Å². The number of esters is 1. The highest BCUT2D eigenvalue weighted by atomic mass is 16.5. The van der Waals surface area contributed by atoms with Crippen molar-refractivity contribution in [3.05, 3.63) is 84.4 Å². The van der Waals surface area contributed by atoms with Gasteiger partial charge in [0.2, 0.25) is 5.91 Å². The second kappa shape index (κ2) is 12.8. The molecule has 2 atom stereocenters. The molecule has 0 aliphatic rings. The number of rotatable bonds is 11. The van der Waals surface area contributed by atoms with Crippen molar-refractivity contribution >= 4 is 18.0 Å². The number of hydrogen-bond donors (Lipinski definition) is 2. The number of allylic oxidation sites excluding steroid dienone is 1. The van der Waals surface area contributed by atoms with Crippen molar-refractivity contribution in [2.75, 3.05) is 7.11 Å². The van der Waals surface area contributed by atoms with Crippen molar-refractivity contribution < 1.29 is 23.9 Å². The zero-order chi connectivity index (χ0) is 22.5. The molecule has 2 rings (SSSR count). The Labute approximate surface area is 182 Å². The van der Waals surface area contributed by atoms with Gasteiger partial charge in [0, 0.05) is 6.42 Å². The summed E-state index contributed by atoms with van der Waals surface area (Å²) >= 11 is 0. The molecule has 2 N–H and O–H groups in total. The van der Waals surface area contributed by atoms with Gasteiger partial charge in [-0.3, -0.25) is 4.79 Å². The number of nitrogens with one attached hydrogen (secondary N) is 2. The molecule has 0 aromatic heterocycles. The molecule has 0 saturated carbocycles. The molecular weight excluding hydrogens is 396 g/mol. The Balaban J connectivity index is 2.07. The standard InChI is InChI=1S/C24H28N2O5/c1-3-4-15-20(23(28)30-2)25-22(27)21(16-18-11-7-5-8-12-18)26-24(29)31-17-19-13-9-6-10-14-19/h3,5-14,20-21H,1,4,15-17H2,2H3,(H,25,27)(H,26,29)/t20-,21-/m1/s1. The SMILES string of the molecule is C=CCC[C@@H](NC(=O)[C@@H](Cc1ccccc1)NC(=O)OCc1ccccc1)C(=O)OC. The molecule has 7 nitrogen and oxygen atoms in total. The van der Waals surface area contributed by atoms with E-state index in [1.165, 1.54) is 7.11 Å². The minimum Gasteiger partial charge on any atom is -0.467 e. The van der Waals surface area contributed by atoms with Gasteiger partial charge in [0.15, 0.2) is 0 Å². The van der Waals surface area contributed by atoms with Crippen LogP contribution < -0.4 is 10.6 Å². The van der Waals surface area contributed by atoms with Crippen LogP contribution in [-0.2, 0) is 32.1 Å². The van der Waals surface area contributed by atoms with Gasteiger partial charge in [-0.05, 0) is 24.0 Å². The third-order valence-electron chi connectivity index (χ3n) is 4.57. The van der Waals surface area contributed by atoms with Gasteiger partial charge in [-0.1, -0.05) is 66.7 Å². The molecular formula is C24H28N2O5. The van der Waals surface area contributed by atoms with Gasteiger partial charge in [-0.2, -0.15) is 0 Å². The maximum absolute atomic E-state index is 12.9. The second-order valence-corrected chi connectivity index (χ2v) is 6.90. The predicted molar refractivity (Wildman–Crippen MR) is 117 cm³/mol. The van der Waals surface area contributed by atoms with E-state index in [-0.39, 0.29) is 13.0 Å². The van der Waals surface area contributed by atoms with Crippen molar-refractivity contribution in [2.24, 2.45) is 0 Å². The smallest absolute Gasteiger partial charge is 0.408 e. The first-order valence-corrected chi connectivity index (χ1v) is 10.0. The van der Waals surface area contributed by atoms with Gasteiger partial charge in [-0.15, -0.1) is 6.58 Å². The number of hydrogen-bond acceptors (Lipinski definition) is 5. The molecule has 0 fully saturated rings. The topological polar surface area (TPSA) is 93.7 Å². The molecule has 0 unspecified atom stereocenters.